The van der Waals surface area contributed by atoms with E-state index in [9.17, 15) is 9.90 Å². The van der Waals surface area contributed by atoms with Crippen molar-refractivity contribution in [3.8, 4) is 11.1 Å². The molecule has 3 atom stereocenters. The van der Waals surface area contributed by atoms with E-state index >= 15 is 0 Å². The molecule has 2 heterocycles. The zero-order chi connectivity index (χ0) is 28.8. The minimum Gasteiger partial charge on any atom is -0.392 e. The SMILES string of the molecule is O=C(NCc1cccc(-c2ccc([C@@H]3O[C@H](CN4CCCCC4)C[C@H](c4ccc(CO)cc4)O3)cc2)c1)C(Cl)(Cl)Cl. The van der Waals surface area contributed by atoms with Gasteiger partial charge in [-0.1, -0.05) is 108 Å². The van der Waals surface area contributed by atoms with Gasteiger partial charge >= 0.3 is 0 Å². The van der Waals surface area contributed by atoms with Crippen LogP contribution in [0.4, 0.5) is 0 Å². The minimum absolute atomic E-state index is 0.0218. The van der Waals surface area contributed by atoms with Crippen LogP contribution < -0.4 is 5.32 Å². The summed E-state index contributed by atoms with van der Waals surface area (Å²) < 4.78 is 11.1. The lowest BCUT2D eigenvalue weighted by Gasteiger charge is -2.39. The summed E-state index contributed by atoms with van der Waals surface area (Å²) in [5.74, 6) is -0.661. The monoisotopic (exact) mass is 616 g/mol. The van der Waals surface area contributed by atoms with Gasteiger partial charge in [-0.25, -0.2) is 0 Å². The Morgan fingerprint density at radius 3 is 2.27 bits per heavy atom. The van der Waals surface area contributed by atoms with Gasteiger partial charge in [-0.2, -0.15) is 0 Å². The van der Waals surface area contributed by atoms with E-state index in [2.05, 4.69) is 22.3 Å². The van der Waals surface area contributed by atoms with Crippen LogP contribution in [-0.4, -0.2) is 45.4 Å². The van der Waals surface area contributed by atoms with Gasteiger partial charge in [0, 0.05) is 25.1 Å². The number of rotatable bonds is 8. The van der Waals surface area contributed by atoms with Crippen molar-refractivity contribution in [1.29, 1.82) is 0 Å². The van der Waals surface area contributed by atoms with E-state index in [0.717, 1.165) is 59.4 Å². The highest BCUT2D eigenvalue weighted by Gasteiger charge is 2.33. The molecule has 0 saturated carbocycles. The molecule has 0 aliphatic carbocycles. The topological polar surface area (TPSA) is 71.0 Å². The molecule has 41 heavy (non-hydrogen) atoms. The Bertz CT molecular complexity index is 1290. The van der Waals surface area contributed by atoms with Crippen molar-refractivity contribution in [1.82, 2.24) is 10.2 Å². The zero-order valence-corrected chi connectivity index (χ0v) is 25.0. The molecule has 0 aromatic heterocycles. The maximum atomic E-state index is 11.9. The molecule has 0 bridgehead atoms. The highest BCUT2D eigenvalue weighted by molar-refractivity contribution is 6.76. The van der Waals surface area contributed by atoms with Crippen molar-refractivity contribution in [2.45, 2.75) is 61.1 Å². The van der Waals surface area contributed by atoms with Crippen molar-refractivity contribution in [3.63, 3.8) is 0 Å². The van der Waals surface area contributed by atoms with E-state index < -0.39 is 16.0 Å². The predicted molar refractivity (Wildman–Crippen MR) is 163 cm³/mol. The van der Waals surface area contributed by atoms with Crippen LogP contribution >= 0.6 is 34.8 Å². The third-order valence-corrected chi connectivity index (χ3v) is 8.19. The molecule has 2 aliphatic heterocycles. The quantitative estimate of drug-likeness (QED) is 0.270. The van der Waals surface area contributed by atoms with E-state index in [4.69, 9.17) is 44.3 Å². The number of aliphatic hydroxyl groups excluding tert-OH is 1. The lowest BCUT2D eigenvalue weighted by Crippen LogP contribution is -2.41. The van der Waals surface area contributed by atoms with Gasteiger partial charge in [0.1, 0.15) is 0 Å². The average molecular weight is 618 g/mol. The Labute approximate surface area is 256 Å². The maximum absolute atomic E-state index is 11.9. The van der Waals surface area contributed by atoms with E-state index in [1.165, 1.54) is 19.3 Å². The number of nitrogens with zero attached hydrogens (tertiary/aromatic N) is 1. The van der Waals surface area contributed by atoms with Gasteiger partial charge in [0.25, 0.3) is 9.70 Å². The molecule has 3 aromatic rings. The number of benzene rings is 3. The van der Waals surface area contributed by atoms with Crippen LogP contribution in [-0.2, 0) is 27.4 Å². The van der Waals surface area contributed by atoms with Gasteiger partial charge in [0.2, 0.25) is 0 Å². The number of ether oxygens (including phenoxy) is 2. The fraction of sp³-hybridized carbons (Fsp3) is 0.406. The molecule has 2 N–H and O–H groups in total. The minimum atomic E-state index is -1.99. The smallest absolute Gasteiger partial charge is 0.272 e. The highest BCUT2D eigenvalue weighted by Crippen LogP contribution is 2.39. The van der Waals surface area contributed by atoms with Crippen molar-refractivity contribution in [2.75, 3.05) is 19.6 Å². The number of hydrogen-bond donors (Lipinski definition) is 2. The number of piperidine rings is 1. The van der Waals surface area contributed by atoms with Crippen LogP contribution in [0.2, 0.25) is 0 Å². The average Bonchev–Trinajstić information content (AvgIpc) is 3.00. The van der Waals surface area contributed by atoms with Gasteiger partial charge in [0.15, 0.2) is 6.29 Å². The van der Waals surface area contributed by atoms with Crippen LogP contribution in [0.3, 0.4) is 0 Å². The third-order valence-electron chi connectivity index (χ3n) is 7.68. The summed E-state index contributed by atoms with van der Waals surface area (Å²) >= 11 is 17.0. The Balaban J connectivity index is 1.30. The Kier molecular flexibility index (Phi) is 10.3. The summed E-state index contributed by atoms with van der Waals surface area (Å²) in [6.07, 6.45) is 4.02. The molecular formula is C32H35Cl3N2O4. The third kappa shape index (κ3) is 8.23. The molecule has 3 aromatic carbocycles. The first-order valence-corrected chi connectivity index (χ1v) is 15.2. The number of amides is 1. The maximum Gasteiger partial charge on any atom is 0.272 e. The molecule has 0 radical (unpaired) electrons. The number of likely N-dealkylation sites (tertiary alicyclic amines) is 1. The summed E-state index contributed by atoms with van der Waals surface area (Å²) in [6.45, 7) is 3.40. The van der Waals surface area contributed by atoms with Crippen molar-refractivity contribution in [3.05, 3.63) is 95.1 Å². The summed E-state index contributed by atoms with van der Waals surface area (Å²) in [7, 11) is 0. The number of halogens is 3. The van der Waals surface area contributed by atoms with Crippen LogP contribution in [0, 0.1) is 0 Å². The van der Waals surface area contributed by atoms with E-state index in [1.54, 1.807) is 0 Å². The number of nitrogens with one attached hydrogen (secondary N) is 1. The molecule has 2 saturated heterocycles. The second-order valence-electron chi connectivity index (χ2n) is 10.7. The first-order valence-electron chi connectivity index (χ1n) is 14.1. The van der Waals surface area contributed by atoms with Gasteiger partial charge in [-0.15, -0.1) is 0 Å². The summed E-state index contributed by atoms with van der Waals surface area (Å²) in [4.78, 5) is 14.4. The Morgan fingerprint density at radius 2 is 1.59 bits per heavy atom. The van der Waals surface area contributed by atoms with Crippen molar-refractivity contribution >= 4 is 40.7 Å². The largest absolute Gasteiger partial charge is 0.392 e. The first-order chi connectivity index (χ1) is 19.8. The van der Waals surface area contributed by atoms with E-state index in [1.807, 2.05) is 60.7 Å². The van der Waals surface area contributed by atoms with Crippen LogP contribution in [0.25, 0.3) is 11.1 Å². The summed E-state index contributed by atoms with van der Waals surface area (Å²) in [6, 6.07) is 24.1. The standard InChI is InChI=1S/C32H35Cl3N2O4/c33-32(34,35)31(39)36-19-23-5-4-6-27(17-23)24-11-13-26(14-12-24)30-40-28(20-37-15-2-1-3-16-37)18-29(41-30)25-9-7-22(21-38)8-10-25/h4-14,17,28-30,38H,1-3,15-16,18-21H2,(H,36,39)/t28-,29+,30+/m0/s1. The highest BCUT2D eigenvalue weighted by atomic mass is 35.6. The van der Waals surface area contributed by atoms with Crippen LogP contribution in [0.1, 0.15) is 60.3 Å². The van der Waals surface area contributed by atoms with Crippen molar-refractivity contribution in [2.24, 2.45) is 0 Å². The molecule has 0 spiro atoms. The molecule has 218 valence electrons. The lowest BCUT2D eigenvalue weighted by atomic mass is 9.98. The fourth-order valence-electron chi connectivity index (χ4n) is 5.44. The summed E-state index contributed by atoms with van der Waals surface area (Å²) in [5.41, 5.74) is 5.86. The van der Waals surface area contributed by atoms with Gasteiger partial charge in [0.05, 0.1) is 18.8 Å². The van der Waals surface area contributed by atoms with E-state index in [0.29, 0.717) is 0 Å². The molecule has 9 heteroatoms. The molecule has 0 unspecified atom stereocenters. The molecule has 5 rings (SSSR count). The van der Waals surface area contributed by atoms with Gasteiger partial charge in [-0.3, -0.25) is 4.79 Å². The Hall–Kier alpha value is -2.16. The lowest BCUT2D eigenvalue weighted by molar-refractivity contribution is -0.253. The number of aliphatic hydroxyl groups is 1. The van der Waals surface area contributed by atoms with Crippen molar-refractivity contribution < 1.29 is 19.4 Å². The van der Waals surface area contributed by atoms with Crippen LogP contribution in [0.5, 0.6) is 0 Å². The normalized spacial score (nSPS) is 21.9. The summed E-state index contributed by atoms with van der Waals surface area (Å²) in [5, 5.41) is 12.1. The molecule has 6 nitrogen and oxygen atoms in total. The predicted octanol–water partition coefficient (Wildman–Crippen LogP) is 6.86. The molecule has 1 amide bonds. The fourth-order valence-corrected chi connectivity index (χ4v) is 5.64. The molecule has 2 aliphatic rings. The zero-order valence-electron chi connectivity index (χ0n) is 22.8. The first kappa shape index (κ1) is 30.3. The van der Waals surface area contributed by atoms with E-state index in [-0.39, 0.29) is 25.4 Å². The molecule has 2 fully saturated rings. The number of carbonyl (C=O) groups excluding carboxylic acids is 1. The second-order valence-corrected chi connectivity index (χ2v) is 13.0. The molecular weight excluding hydrogens is 583 g/mol. The second kappa shape index (κ2) is 13.9. The Morgan fingerprint density at radius 1 is 0.878 bits per heavy atom. The number of alkyl halides is 3. The van der Waals surface area contributed by atoms with Gasteiger partial charge < -0.3 is 24.8 Å². The number of carbonyl (C=O) groups is 1. The van der Waals surface area contributed by atoms with Gasteiger partial charge in [-0.05, 0) is 59.8 Å². The number of hydrogen-bond acceptors (Lipinski definition) is 5. The van der Waals surface area contributed by atoms with Crippen LogP contribution in [0.15, 0.2) is 72.8 Å².